The molecule has 2 aliphatic rings. The van der Waals surface area contributed by atoms with Crippen LogP contribution in [0.1, 0.15) is 32.1 Å². The molecular formula is C12H24N2O3S2. The van der Waals surface area contributed by atoms with E-state index < -0.39 is 10.2 Å². The van der Waals surface area contributed by atoms with Crippen LogP contribution in [0.25, 0.3) is 0 Å². The number of aliphatic hydroxyl groups is 1. The third kappa shape index (κ3) is 3.64. The molecule has 0 radical (unpaired) electrons. The Morgan fingerprint density at radius 3 is 2.42 bits per heavy atom. The molecule has 2 fully saturated rings. The average molecular weight is 308 g/mol. The van der Waals surface area contributed by atoms with Crippen molar-refractivity contribution in [3.63, 3.8) is 0 Å². The molecular weight excluding hydrogens is 284 g/mol. The van der Waals surface area contributed by atoms with Gasteiger partial charge in [0.05, 0.1) is 0 Å². The third-order valence-electron chi connectivity index (χ3n) is 4.45. The highest BCUT2D eigenvalue weighted by atomic mass is 32.2. The second-order valence-electron chi connectivity index (χ2n) is 5.59. The third-order valence-corrected chi connectivity index (χ3v) is 7.42. The molecule has 19 heavy (non-hydrogen) atoms. The number of hydrogen-bond acceptors (Lipinski definition) is 4. The summed E-state index contributed by atoms with van der Waals surface area (Å²) < 4.78 is 28.9. The zero-order chi connectivity index (χ0) is 13.9. The van der Waals surface area contributed by atoms with Crippen LogP contribution in [0.3, 0.4) is 0 Å². The summed E-state index contributed by atoms with van der Waals surface area (Å²) >= 11 is 1.77. The van der Waals surface area contributed by atoms with E-state index in [1.165, 1.54) is 10.7 Å². The molecule has 7 heteroatoms. The van der Waals surface area contributed by atoms with E-state index in [1.807, 2.05) is 0 Å². The summed E-state index contributed by atoms with van der Waals surface area (Å²) in [4.78, 5) is 0. The van der Waals surface area contributed by atoms with Gasteiger partial charge in [0.15, 0.2) is 0 Å². The average Bonchev–Trinajstić information content (AvgIpc) is 2.38. The van der Waals surface area contributed by atoms with Crippen LogP contribution in [0.5, 0.6) is 0 Å². The highest BCUT2D eigenvalue weighted by Crippen LogP contribution is 2.42. The number of aliphatic hydroxyl groups excluding tert-OH is 1. The molecule has 1 saturated carbocycles. The van der Waals surface area contributed by atoms with Gasteiger partial charge in [0.2, 0.25) is 0 Å². The number of rotatable bonds is 6. The zero-order valence-corrected chi connectivity index (χ0v) is 13.1. The fraction of sp³-hybridized carbons (Fsp3) is 1.00. The van der Waals surface area contributed by atoms with Crippen molar-refractivity contribution in [2.75, 3.05) is 32.5 Å². The predicted octanol–water partition coefficient (Wildman–Crippen LogP) is 0.811. The van der Waals surface area contributed by atoms with E-state index in [2.05, 4.69) is 11.0 Å². The first kappa shape index (κ1) is 15.6. The Bertz CT molecular complexity index is 382. The normalized spacial score (nSPS) is 25.2. The van der Waals surface area contributed by atoms with Gasteiger partial charge in [0, 0.05) is 31.0 Å². The molecule has 1 heterocycles. The van der Waals surface area contributed by atoms with Gasteiger partial charge < -0.3 is 5.11 Å². The van der Waals surface area contributed by atoms with Crippen molar-refractivity contribution in [1.29, 1.82) is 0 Å². The summed E-state index contributed by atoms with van der Waals surface area (Å²) in [5.74, 6) is 0.260. The molecule has 1 aliphatic carbocycles. The van der Waals surface area contributed by atoms with Crippen LogP contribution in [0, 0.1) is 5.92 Å². The standard InChI is InChI=1S/C12H24N2O3S2/c1-18-12(5-2-6-12)10-13-19(16,17)14-7-3-11(9-15)4-8-14/h11,13,15H,2-10H2,1H3. The van der Waals surface area contributed by atoms with Gasteiger partial charge in [-0.2, -0.15) is 24.5 Å². The van der Waals surface area contributed by atoms with Crippen LogP contribution in [0.15, 0.2) is 0 Å². The zero-order valence-electron chi connectivity index (χ0n) is 11.5. The maximum atomic E-state index is 12.2. The quantitative estimate of drug-likeness (QED) is 0.762. The summed E-state index contributed by atoms with van der Waals surface area (Å²) in [7, 11) is -3.35. The van der Waals surface area contributed by atoms with Crippen molar-refractivity contribution in [2.45, 2.75) is 36.9 Å². The minimum absolute atomic E-state index is 0.122. The molecule has 2 N–H and O–H groups in total. The van der Waals surface area contributed by atoms with E-state index >= 15 is 0 Å². The molecule has 0 atom stereocenters. The maximum absolute atomic E-state index is 12.2. The number of thioether (sulfide) groups is 1. The lowest BCUT2D eigenvalue weighted by atomic mass is 9.84. The van der Waals surface area contributed by atoms with Crippen molar-refractivity contribution in [1.82, 2.24) is 9.03 Å². The van der Waals surface area contributed by atoms with Gasteiger partial charge in [0.25, 0.3) is 10.2 Å². The van der Waals surface area contributed by atoms with Gasteiger partial charge in [-0.3, -0.25) is 0 Å². The molecule has 0 spiro atoms. The fourth-order valence-electron chi connectivity index (χ4n) is 2.67. The first-order valence-corrected chi connectivity index (χ1v) is 9.58. The van der Waals surface area contributed by atoms with Gasteiger partial charge in [-0.05, 0) is 37.9 Å². The van der Waals surface area contributed by atoms with Crippen LogP contribution in [-0.4, -0.2) is 55.1 Å². The van der Waals surface area contributed by atoms with Gasteiger partial charge in [-0.1, -0.05) is 6.42 Å². The Labute approximate surface area is 120 Å². The van der Waals surface area contributed by atoms with E-state index in [1.54, 1.807) is 11.8 Å². The minimum Gasteiger partial charge on any atom is -0.396 e. The van der Waals surface area contributed by atoms with Crippen LogP contribution in [-0.2, 0) is 10.2 Å². The highest BCUT2D eigenvalue weighted by Gasteiger charge is 2.38. The van der Waals surface area contributed by atoms with Gasteiger partial charge >= 0.3 is 0 Å². The Hall–Kier alpha value is 0.180. The second kappa shape index (κ2) is 6.30. The van der Waals surface area contributed by atoms with Crippen molar-refractivity contribution >= 4 is 22.0 Å². The Balaban J connectivity index is 1.85. The summed E-state index contributed by atoms with van der Waals surface area (Å²) in [6.07, 6.45) is 6.97. The van der Waals surface area contributed by atoms with Gasteiger partial charge in [-0.15, -0.1) is 0 Å². The molecule has 0 aromatic heterocycles. The van der Waals surface area contributed by atoms with Crippen LogP contribution < -0.4 is 4.72 Å². The second-order valence-corrected chi connectivity index (χ2v) is 8.62. The molecule has 5 nitrogen and oxygen atoms in total. The van der Waals surface area contributed by atoms with E-state index in [4.69, 9.17) is 5.11 Å². The lowest BCUT2D eigenvalue weighted by Crippen LogP contribution is -2.51. The van der Waals surface area contributed by atoms with Crippen LogP contribution >= 0.6 is 11.8 Å². The lowest BCUT2D eigenvalue weighted by molar-refractivity contribution is 0.169. The van der Waals surface area contributed by atoms with Crippen LogP contribution in [0.4, 0.5) is 0 Å². The smallest absolute Gasteiger partial charge is 0.279 e. The van der Waals surface area contributed by atoms with Crippen molar-refractivity contribution < 1.29 is 13.5 Å². The topological polar surface area (TPSA) is 69.6 Å². The monoisotopic (exact) mass is 308 g/mol. The molecule has 0 unspecified atom stereocenters. The Morgan fingerprint density at radius 1 is 1.37 bits per heavy atom. The summed E-state index contributed by atoms with van der Waals surface area (Å²) in [6.45, 7) is 1.74. The predicted molar refractivity (Wildman–Crippen MR) is 78.4 cm³/mol. The van der Waals surface area contributed by atoms with E-state index in [0.717, 1.165) is 25.7 Å². The van der Waals surface area contributed by atoms with E-state index in [0.29, 0.717) is 19.6 Å². The maximum Gasteiger partial charge on any atom is 0.279 e. The Morgan fingerprint density at radius 2 is 2.00 bits per heavy atom. The fourth-order valence-corrected chi connectivity index (χ4v) is 5.01. The molecule has 1 saturated heterocycles. The first-order valence-electron chi connectivity index (χ1n) is 6.92. The number of nitrogens with one attached hydrogen (secondary N) is 1. The SMILES string of the molecule is CSC1(CNS(=O)(=O)N2CCC(CO)CC2)CCC1. The molecule has 0 amide bonds. The van der Waals surface area contributed by atoms with E-state index in [9.17, 15) is 8.42 Å². The summed E-state index contributed by atoms with van der Waals surface area (Å²) in [5, 5.41) is 9.08. The Kier molecular flexibility index (Phi) is 5.16. The summed E-state index contributed by atoms with van der Waals surface area (Å²) in [6, 6.07) is 0. The number of nitrogens with zero attached hydrogens (tertiary/aromatic N) is 1. The molecule has 112 valence electrons. The van der Waals surface area contributed by atoms with Gasteiger partial charge in [0.1, 0.15) is 0 Å². The van der Waals surface area contributed by atoms with E-state index in [-0.39, 0.29) is 17.3 Å². The van der Waals surface area contributed by atoms with Gasteiger partial charge in [-0.25, -0.2) is 4.72 Å². The lowest BCUT2D eigenvalue weighted by Gasteiger charge is -2.41. The molecule has 0 aromatic rings. The van der Waals surface area contributed by atoms with Crippen molar-refractivity contribution in [3.8, 4) is 0 Å². The van der Waals surface area contributed by atoms with Crippen molar-refractivity contribution in [3.05, 3.63) is 0 Å². The first-order chi connectivity index (χ1) is 9.01. The molecule has 0 aromatic carbocycles. The minimum atomic E-state index is -3.35. The van der Waals surface area contributed by atoms with Crippen LogP contribution in [0.2, 0.25) is 0 Å². The number of hydrogen-bond donors (Lipinski definition) is 2. The highest BCUT2D eigenvalue weighted by molar-refractivity contribution is 8.00. The summed E-state index contributed by atoms with van der Waals surface area (Å²) in [5.41, 5.74) is 0. The van der Waals surface area contributed by atoms with Crippen molar-refractivity contribution in [2.24, 2.45) is 5.92 Å². The molecule has 1 aliphatic heterocycles. The number of piperidine rings is 1. The largest absolute Gasteiger partial charge is 0.396 e. The molecule has 0 bridgehead atoms. The molecule has 2 rings (SSSR count).